The summed E-state index contributed by atoms with van der Waals surface area (Å²) in [7, 11) is 0. The Morgan fingerprint density at radius 1 is 1.13 bits per heavy atom. The number of carbonyl (C=O) groups excluding carboxylic acids is 1. The summed E-state index contributed by atoms with van der Waals surface area (Å²) < 4.78 is 2.39. The smallest absolute Gasteiger partial charge is 0.253 e. The van der Waals surface area contributed by atoms with Gasteiger partial charge in [0, 0.05) is 24.0 Å². The summed E-state index contributed by atoms with van der Waals surface area (Å²) in [5.41, 5.74) is 4.27. The number of amides is 1. The molecule has 0 unspecified atom stereocenters. The van der Waals surface area contributed by atoms with Gasteiger partial charge in [0.2, 0.25) is 0 Å². The number of nitrogens with one attached hydrogen (secondary N) is 1. The maximum absolute atomic E-state index is 12.6. The summed E-state index contributed by atoms with van der Waals surface area (Å²) in [6.45, 7) is 4.78. The molecule has 2 aromatic rings. The van der Waals surface area contributed by atoms with Gasteiger partial charge in [-0.25, -0.2) is 0 Å². The zero-order valence-electron chi connectivity index (χ0n) is 14.1. The minimum absolute atomic E-state index is 0.0315. The zero-order chi connectivity index (χ0) is 16.2. The van der Waals surface area contributed by atoms with Crippen LogP contribution in [0.1, 0.15) is 65.5 Å². The number of hydrogen-bond acceptors (Lipinski definition) is 1. The van der Waals surface area contributed by atoms with Gasteiger partial charge in [0.1, 0.15) is 0 Å². The second-order valence-electron chi connectivity index (χ2n) is 6.61. The minimum atomic E-state index is 0.0315. The van der Waals surface area contributed by atoms with Crippen molar-refractivity contribution in [2.24, 2.45) is 0 Å². The van der Waals surface area contributed by atoms with Crippen molar-refractivity contribution in [3.05, 3.63) is 58.9 Å². The molecule has 0 radical (unpaired) electrons. The van der Waals surface area contributed by atoms with Gasteiger partial charge in [0.25, 0.3) is 5.91 Å². The molecule has 3 nitrogen and oxygen atoms in total. The summed E-state index contributed by atoms with van der Waals surface area (Å²) in [5.74, 6) is 0.0315. The average molecular weight is 310 g/mol. The molecule has 0 aliphatic heterocycles. The summed E-state index contributed by atoms with van der Waals surface area (Å²) in [5, 5.41) is 3.05. The van der Waals surface area contributed by atoms with Crippen LogP contribution in [-0.2, 0) is 6.54 Å². The van der Waals surface area contributed by atoms with Crippen molar-refractivity contribution in [1.82, 2.24) is 9.88 Å². The van der Waals surface area contributed by atoms with Gasteiger partial charge in [-0.1, -0.05) is 49.6 Å². The molecule has 1 saturated carbocycles. The molecule has 1 N–H and O–H groups in total. The predicted octanol–water partition coefficient (Wildman–Crippen LogP) is 4.54. The second kappa shape index (κ2) is 7.03. The van der Waals surface area contributed by atoms with Crippen molar-refractivity contribution in [1.29, 1.82) is 0 Å². The molecule has 122 valence electrons. The van der Waals surface area contributed by atoms with Crippen LogP contribution in [0.2, 0.25) is 0 Å². The molecule has 1 heterocycles. The summed E-state index contributed by atoms with van der Waals surface area (Å²) in [6, 6.07) is 12.7. The quantitative estimate of drug-likeness (QED) is 0.884. The van der Waals surface area contributed by atoms with Gasteiger partial charge >= 0.3 is 0 Å². The van der Waals surface area contributed by atoms with Gasteiger partial charge in [0.05, 0.1) is 5.56 Å². The molecule has 3 rings (SSSR count). The van der Waals surface area contributed by atoms with E-state index in [0.717, 1.165) is 16.8 Å². The van der Waals surface area contributed by atoms with Crippen LogP contribution in [0.4, 0.5) is 0 Å². The van der Waals surface area contributed by atoms with Crippen molar-refractivity contribution >= 4 is 5.91 Å². The molecule has 23 heavy (non-hydrogen) atoms. The highest BCUT2D eigenvalue weighted by atomic mass is 16.1. The Kier molecular flexibility index (Phi) is 4.85. The van der Waals surface area contributed by atoms with E-state index in [4.69, 9.17) is 0 Å². The van der Waals surface area contributed by atoms with E-state index in [1.165, 1.54) is 37.8 Å². The maximum Gasteiger partial charge on any atom is 0.253 e. The highest BCUT2D eigenvalue weighted by Gasteiger charge is 2.22. The van der Waals surface area contributed by atoms with Gasteiger partial charge in [-0.2, -0.15) is 0 Å². The van der Waals surface area contributed by atoms with Crippen LogP contribution in [-0.4, -0.2) is 10.5 Å². The van der Waals surface area contributed by atoms with Crippen LogP contribution in [0.15, 0.2) is 36.4 Å². The van der Waals surface area contributed by atoms with E-state index in [1.807, 2.05) is 36.4 Å². The zero-order valence-corrected chi connectivity index (χ0v) is 14.1. The minimum Gasteiger partial charge on any atom is -0.348 e. The molecule has 3 heteroatoms. The fourth-order valence-corrected chi connectivity index (χ4v) is 3.78. The van der Waals surface area contributed by atoms with Gasteiger partial charge in [0.15, 0.2) is 0 Å². The van der Waals surface area contributed by atoms with Crippen LogP contribution < -0.4 is 5.32 Å². The topological polar surface area (TPSA) is 34.0 Å². The Balaban J connectivity index is 1.73. The molecular weight excluding hydrogens is 284 g/mol. The first-order chi connectivity index (χ1) is 11.2. The standard InChI is InChI=1S/C20H26N2O/c1-15-13-19(16(2)22(15)18-11-7-4-8-12-18)20(23)21-14-17-9-5-3-6-10-17/h3,5-6,9-10,13,18H,4,7-8,11-12,14H2,1-2H3,(H,21,23). The molecular formula is C20H26N2O. The summed E-state index contributed by atoms with van der Waals surface area (Å²) >= 11 is 0. The third-order valence-corrected chi connectivity index (χ3v) is 4.96. The van der Waals surface area contributed by atoms with Crippen molar-refractivity contribution in [2.45, 2.75) is 58.5 Å². The fraction of sp³-hybridized carbons (Fsp3) is 0.450. The highest BCUT2D eigenvalue weighted by molar-refractivity contribution is 5.95. The van der Waals surface area contributed by atoms with Crippen LogP contribution in [0.25, 0.3) is 0 Å². The number of carbonyl (C=O) groups is 1. The number of hydrogen-bond donors (Lipinski definition) is 1. The van der Waals surface area contributed by atoms with Crippen LogP contribution in [0.3, 0.4) is 0 Å². The Bertz CT molecular complexity index is 666. The first kappa shape index (κ1) is 15.9. The van der Waals surface area contributed by atoms with E-state index in [0.29, 0.717) is 12.6 Å². The van der Waals surface area contributed by atoms with Crippen molar-refractivity contribution in [3.63, 3.8) is 0 Å². The van der Waals surface area contributed by atoms with Crippen LogP contribution >= 0.6 is 0 Å². The van der Waals surface area contributed by atoms with Crippen LogP contribution in [0.5, 0.6) is 0 Å². The molecule has 1 aliphatic rings. The number of aromatic nitrogens is 1. The normalized spacial score (nSPS) is 15.6. The Morgan fingerprint density at radius 2 is 1.83 bits per heavy atom. The Morgan fingerprint density at radius 3 is 2.52 bits per heavy atom. The molecule has 0 atom stereocenters. The number of benzene rings is 1. The molecule has 0 bridgehead atoms. The SMILES string of the molecule is Cc1cc(C(=O)NCc2ccccc2)c(C)n1C1CCCCC1. The van der Waals surface area contributed by atoms with E-state index in [1.54, 1.807) is 0 Å². The number of aryl methyl sites for hydroxylation is 1. The highest BCUT2D eigenvalue weighted by Crippen LogP contribution is 2.32. The molecule has 1 amide bonds. The lowest BCUT2D eigenvalue weighted by Crippen LogP contribution is -2.23. The maximum atomic E-state index is 12.6. The van der Waals surface area contributed by atoms with Crippen molar-refractivity contribution in [2.75, 3.05) is 0 Å². The first-order valence-electron chi connectivity index (χ1n) is 8.67. The van der Waals surface area contributed by atoms with E-state index in [2.05, 4.69) is 23.7 Å². The van der Waals surface area contributed by atoms with E-state index < -0.39 is 0 Å². The lowest BCUT2D eigenvalue weighted by molar-refractivity contribution is 0.0950. The largest absolute Gasteiger partial charge is 0.348 e. The third kappa shape index (κ3) is 3.49. The lowest BCUT2D eigenvalue weighted by Gasteiger charge is -2.26. The van der Waals surface area contributed by atoms with E-state index in [-0.39, 0.29) is 5.91 Å². The average Bonchev–Trinajstić information content (AvgIpc) is 2.89. The molecule has 0 spiro atoms. The molecule has 1 fully saturated rings. The summed E-state index contributed by atoms with van der Waals surface area (Å²) in [4.78, 5) is 12.6. The molecule has 1 aromatic heterocycles. The monoisotopic (exact) mass is 310 g/mol. The van der Waals surface area contributed by atoms with Gasteiger partial charge in [-0.3, -0.25) is 4.79 Å². The Labute approximate surface area is 138 Å². The fourth-order valence-electron chi connectivity index (χ4n) is 3.78. The predicted molar refractivity (Wildman–Crippen MR) is 93.6 cm³/mol. The molecule has 1 aliphatic carbocycles. The third-order valence-electron chi connectivity index (χ3n) is 4.96. The van der Waals surface area contributed by atoms with Gasteiger partial charge in [-0.05, 0) is 38.3 Å². The van der Waals surface area contributed by atoms with Crippen molar-refractivity contribution in [3.8, 4) is 0 Å². The van der Waals surface area contributed by atoms with Gasteiger partial charge in [-0.15, -0.1) is 0 Å². The van der Waals surface area contributed by atoms with Crippen molar-refractivity contribution < 1.29 is 4.79 Å². The van der Waals surface area contributed by atoms with E-state index in [9.17, 15) is 4.79 Å². The second-order valence-corrected chi connectivity index (χ2v) is 6.61. The lowest BCUT2D eigenvalue weighted by atomic mass is 9.95. The Hall–Kier alpha value is -2.03. The molecule has 1 aromatic carbocycles. The first-order valence-corrected chi connectivity index (χ1v) is 8.67. The van der Waals surface area contributed by atoms with Crippen LogP contribution in [0, 0.1) is 13.8 Å². The summed E-state index contributed by atoms with van der Waals surface area (Å²) in [6.07, 6.45) is 6.43. The van der Waals surface area contributed by atoms with E-state index >= 15 is 0 Å². The molecule has 0 saturated heterocycles. The number of rotatable bonds is 4. The number of nitrogens with zero attached hydrogens (tertiary/aromatic N) is 1. The van der Waals surface area contributed by atoms with Gasteiger partial charge < -0.3 is 9.88 Å².